The van der Waals surface area contributed by atoms with E-state index in [1.807, 2.05) is 45.0 Å². The highest BCUT2D eigenvalue weighted by molar-refractivity contribution is 5.92. The van der Waals surface area contributed by atoms with Gasteiger partial charge in [-0.1, -0.05) is 32.9 Å². The van der Waals surface area contributed by atoms with Crippen LogP contribution in [-0.2, 0) is 9.59 Å². The fraction of sp³-hybridized carbons (Fsp3) is 0.500. The molecule has 0 bridgehead atoms. The Morgan fingerprint density at radius 1 is 1.19 bits per heavy atom. The molecule has 0 saturated carbocycles. The Labute approximate surface area is 125 Å². The van der Waals surface area contributed by atoms with Crippen LogP contribution in [0, 0.1) is 5.92 Å². The molecule has 1 rings (SSSR count). The van der Waals surface area contributed by atoms with Gasteiger partial charge in [0.1, 0.15) is 0 Å². The van der Waals surface area contributed by atoms with E-state index in [0.717, 1.165) is 17.8 Å². The normalized spacial score (nSPS) is 13.5. The molecule has 0 radical (unpaired) electrons. The third-order valence-electron chi connectivity index (χ3n) is 3.38. The van der Waals surface area contributed by atoms with Crippen LogP contribution in [0.15, 0.2) is 24.3 Å². The van der Waals surface area contributed by atoms with E-state index in [-0.39, 0.29) is 24.2 Å². The van der Waals surface area contributed by atoms with Gasteiger partial charge in [-0.3, -0.25) is 9.59 Å². The summed E-state index contributed by atoms with van der Waals surface area (Å²) in [6.45, 7) is 7.24. The Balaban J connectivity index is 2.58. The number of hydrogen-bond acceptors (Lipinski definition) is 3. The molecule has 1 amide bonds. The highest BCUT2D eigenvalue weighted by atomic mass is 16.4. The molecule has 3 N–H and O–H groups in total. The van der Waals surface area contributed by atoms with Crippen LogP contribution in [0.4, 0.5) is 5.69 Å². The number of amides is 1. The number of carbonyl (C=O) groups is 2. The molecule has 2 atom stereocenters. The van der Waals surface area contributed by atoms with Gasteiger partial charge in [0, 0.05) is 18.2 Å². The SMILES string of the molecule is CCNCC(C)C(=O)Nc1ccc(C(C)CC(=O)O)cc1. The molecule has 0 fully saturated rings. The zero-order chi connectivity index (χ0) is 15.8. The topological polar surface area (TPSA) is 78.4 Å². The molecule has 0 aliphatic carbocycles. The lowest BCUT2D eigenvalue weighted by atomic mass is 9.98. The summed E-state index contributed by atoms with van der Waals surface area (Å²) in [5.41, 5.74) is 1.69. The Morgan fingerprint density at radius 2 is 1.81 bits per heavy atom. The number of carbonyl (C=O) groups excluding carboxylic acids is 1. The second-order valence-electron chi connectivity index (χ2n) is 5.32. The van der Waals surface area contributed by atoms with Crippen LogP contribution in [0.25, 0.3) is 0 Å². The molecule has 0 aliphatic rings. The number of rotatable bonds is 8. The van der Waals surface area contributed by atoms with Gasteiger partial charge in [0.2, 0.25) is 5.91 Å². The van der Waals surface area contributed by atoms with Crippen molar-refractivity contribution in [3.8, 4) is 0 Å². The summed E-state index contributed by atoms with van der Waals surface area (Å²) in [5.74, 6) is -0.977. The highest BCUT2D eigenvalue weighted by Gasteiger charge is 2.13. The minimum Gasteiger partial charge on any atom is -0.481 e. The van der Waals surface area contributed by atoms with Crippen molar-refractivity contribution < 1.29 is 14.7 Å². The van der Waals surface area contributed by atoms with Gasteiger partial charge in [-0.2, -0.15) is 0 Å². The van der Waals surface area contributed by atoms with E-state index in [1.54, 1.807) is 0 Å². The van der Waals surface area contributed by atoms with Crippen molar-refractivity contribution in [3.63, 3.8) is 0 Å². The lowest BCUT2D eigenvalue weighted by molar-refractivity contribution is -0.137. The minimum atomic E-state index is -0.808. The van der Waals surface area contributed by atoms with Gasteiger partial charge in [-0.15, -0.1) is 0 Å². The summed E-state index contributed by atoms with van der Waals surface area (Å²) in [6.07, 6.45) is 0.103. The maximum Gasteiger partial charge on any atom is 0.303 e. The largest absolute Gasteiger partial charge is 0.481 e. The second-order valence-corrected chi connectivity index (χ2v) is 5.32. The summed E-state index contributed by atoms with van der Waals surface area (Å²) < 4.78 is 0. The van der Waals surface area contributed by atoms with Crippen molar-refractivity contribution >= 4 is 17.6 Å². The predicted octanol–water partition coefficient (Wildman–Crippen LogP) is 2.45. The van der Waals surface area contributed by atoms with E-state index < -0.39 is 5.97 Å². The highest BCUT2D eigenvalue weighted by Crippen LogP contribution is 2.21. The van der Waals surface area contributed by atoms with Crippen LogP contribution in [0.2, 0.25) is 0 Å². The number of nitrogens with one attached hydrogen (secondary N) is 2. The Bertz CT molecular complexity index is 471. The zero-order valence-electron chi connectivity index (χ0n) is 12.8. The Kier molecular flexibility index (Phi) is 6.88. The minimum absolute atomic E-state index is 0.0257. The van der Waals surface area contributed by atoms with E-state index >= 15 is 0 Å². The summed E-state index contributed by atoms with van der Waals surface area (Å²) in [6, 6.07) is 7.34. The first-order chi connectivity index (χ1) is 9.93. The molecule has 116 valence electrons. The number of benzene rings is 1. The second kappa shape index (κ2) is 8.42. The number of hydrogen-bond donors (Lipinski definition) is 3. The van der Waals surface area contributed by atoms with Crippen molar-refractivity contribution in [2.75, 3.05) is 18.4 Å². The first kappa shape index (κ1) is 17.2. The van der Waals surface area contributed by atoms with Crippen molar-refractivity contribution in [1.82, 2.24) is 5.32 Å². The Morgan fingerprint density at radius 3 is 2.33 bits per heavy atom. The maximum atomic E-state index is 12.0. The molecule has 0 aromatic heterocycles. The van der Waals surface area contributed by atoms with Crippen molar-refractivity contribution in [2.24, 2.45) is 5.92 Å². The van der Waals surface area contributed by atoms with Crippen LogP contribution in [0.3, 0.4) is 0 Å². The quantitative estimate of drug-likeness (QED) is 0.687. The van der Waals surface area contributed by atoms with E-state index in [9.17, 15) is 9.59 Å². The molecule has 5 heteroatoms. The molecule has 2 unspecified atom stereocenters. The van der Waals surface area contributed by atoms with Crippen molar-refractivity contribution in [2.45, 2.75) is 33.1 Å². The molecule has 1 aromatic rings. The number of aliphatic carboxylic acids is 1. The molecule has 1 aromatic carbocycles. The lowest BCUT2D eigenvalue weighted by Crippen LogP contribution is -2.30. The van der Waals surface area contributed by atoms with Gasteiger partial charge in [-0.05, 0) is 30.2 Å². The van der Waals surface area contributed by atoms with Gasteiger partial charge in [0.25, 0.3) is 0 Å². The Hall–Kier alpha value is -1.88. The van der Waals surface area contributed by atoms with E-state index in [2.05, 4.69) is 10.6 Å². The first-order valence-corrected chi connectivity index (χ1v) is 7.27. The smallest absolute Gasteiger partial charge is 0.303 e. The number of anilines is 1. The van der Waals surface area contributed by atoms with Crippen molar-refractivity contribution in [1.29, 1.82) is 0 Å². The summed E-state index contributed by atoms with van der Waals surface area (Å²) in [5, 5.41) is 14.8. The molecule has 0 spiro atoms. The van der Waals surface area contributed by atoms with Crippen molar-refractivity contribution in [3.05, 3.63) is 29.8 Å². The molecular weight excluding hydrogens is 268 g/mol. The molecule has 21 heavy (non-hydrogen) atoms. The fourth-order valence-electron chi connectivity index (χ4n) is 1.99. The van der Waals surface area contributed by atoms with E-state index in [1.165, 1.54) is 0 Å². The monoisotopic (exact) mass is 292 g/mol. The number of carboxylic acids is 1. The van der Waals surface area contributed by atoms with E-state index in [4.69, 9.17) is 5.11 Å². The fourth-order valence-corrected chi connectivity index (χ4v) is 1.99. The van der Waals surface area contributed by atoms with Gasteiger partial charge < -0.3 is 15.7 Å². The van der Waals surface area contributed by atoms with Crippen LogP contribution >= 0.6 is 0 Å². The third-order valence-corrected chi connectivity index (χ3v) is 3.38. The maximum absolute atomic E-state index is 12.0. The van der Waals surface area contributed by atoms with Crippen LogP contribution in [0.1, 0.15) is 38.7 Å². The van der Waals surface area contributed by atoms with E-state index in [0.29, 0.717) is 6.54 Å². The molecule has 0 saturated heterocycles. The van der Waals surface area contributed by atoms with Gasteiger partial charge >= 0.3 is 5.97 Å². The third kappa shape index (κ3) is 5.95. The molecule has 5 nitrogen and oxygen atoms in total. The first-order valence-electron chi connectivity index (χ1n) is 7.27. The average molecular weight is 292 g/mol. The van der Waals surface area contributed by atoms with Gasteiger partial charge in [0.15, 0.2) is 0 Å². The number of carboxylic acid groups (broad SMARTS) is 1. The zero-order valence-corrected chi connectivity index (χ0v) is 12.8. The summed E-state index contributed by atoms with van der Waals surface area (Å²) in [4.78, 5) is 22.6. The molecular formula is C16H24N2O3. The molecule has 0 heterocycles. The van der Waals surface area contributed by atoms with Crippen LogP contribution < -0.4 is 10.6 Å². The summed E-state index contributed by atoms with van der Waals surface area (Å²) >= 11 is 0. The standard InChI is InChI=1S/C16H24N2O3/c1-4-17-10-12(3)16(21)18-14-7-5-13(6-8-14)11(2)9-15(19)20/h5-8,11-12,17H,4,9-10H2,1-3H3,(H,18,21)(H,19,20). The molecule has 0 aliphatic heterocycles. The summed E-state index contributed by atoms with van der Waals surface area (Å²) in [7, 11) is 0. The average Bonchev–Trinajstić information content (AvgIpc) is 2.44. The predicted molar refractivity (Wildman–Crippen MR) is 83.4 cm³/mol. The van der Waals surface area contributed by atoms with Crippen LogP contribution in [-0.4, -0.2) is 30.1 Å². The lowest BCUT2D eigenvalue weighted by Gasteiger charge is -2.14. The van der Waals surface area contributed by atoms with Gasteiger partial charge in [-0.25, -0.2) is 0 Å². The van der Waals surface area contributed by atoms with Crippen LogP contribution in [0.5, 0.6) is 0 Å². The van der Waals surface area contributed by atoms with Gasteiger partial charge in [0.05, 0.1) is 6.42 Å².